The molecule has 28 heavy (non-hydrogen) atoms. The minimum atomic E-state index is 0.0831. The van der Waals surface area contributed by atoms with Crippen LogP contribution in [0, 0.1) is 5.92 Å². The molecule has 1 atom stereocenters. The second-order valence-electron chi connectivity index (χ2n) is 7.94. The number of nitrogens with zero attached hydrogens (tertiary/aromatic N) is 2. The van der Waals surface area contributed by atoms with Crippen LogP contribution in [-0.4, -0.2) is 46.3 Å². The zero-order valence-electron chi connectivity index (χ0n) is 17.4. The molecule has 2 N–H and O–H groups in total. The Labute approximate surface area is 172 Å². The lowest BCUT2D eigenvalue weighted by molar-refractivity contribution is 0.414. The fourth-order valence-electron chi connectivity index (χ4n) is 3.63. The van der Waals surface area contributed by atoms with Crippen LogP contribution in [0.4, 0.5) is 5.69 Å². The van der Waals surface area contributed by atoms with Gasteiger partial charge in [-0.25, -0.2) is 0 Å². The van der Waals surface area contributed by atoms with Crippen molar-refractivity contribution in [2.24, 2.45) is 10.9 Å². The van der Waals surface area contributed by atoms with Crippen molar-refractivity contribution in [2.45, 2.75) is 25.7 Å². The molecule has 2 heterocycles. The number of methoxy groups -OCH3 is 1. The van der Waals surface area contributed by atoms with Crippen molar-refractivity contribution in [2.75, 3.05) is 45.2 Å². The quantitative estimate of drug-likeness (QED) is 0.549. The predicted molar refractivity (Wildman–Crippen MR) is 120 cm³/mol. The topological polar surface area (TPSA) is 48.9 Å². The van der Waals surface area contributed by atoms with Crippen LogP contribution in [0.3, 0.4) is 0 Å². The van der Waals surface area contributed by atoms with Gasteiger partial charge in [0.15, 0.2) is 5.96 Å². The fraction of sp³-hybridized carbons (Fsp3) is 0.500. The summed E-state index contributed by atoms with van der Waals surface area (Å²) in [6.07, 6.45) is 1.17. The van der Waals surface area contributed by atoms with E-state index < -0.39 is 0 Å². The molecule has 0 spiro atoms. The Morgan fingerprint density at radius 3 is 2.79 bits per heavy atom. The summed E-state index contributed by atoms with van der Waals surface area (Å²) in [5, 5.41) is 9.15. The van der Waals surface area contributed by atoms with Crippen LogP contribution in [0.15, 0.2) is 46.8 Å². The van der Waals surface area contributed by atoms with Crippen LogP contribution in [-0.2, 0) is 5.41 Å². The summed E-state index contributed by atoms with van der Waals surface area (Å²) in [4.78, 5) is 8.21. The van der Waals surface area contributed by atoms with Crippen LogP contribution in [0.25, 0.3) is 0 Å². The van der Waals surface area contributed by atoms with Crippen LogP contribution >= 0.6 is 11.3 Å². The predicted octanol–water partition coefficient (Wildman–Crippen LogP) is 3.73. The van der Waals surface area contributed by atoms with Crippen molar-refractivity contribution in [1.29, 1.82) is 0 Å². The molecule has 1 fully saturated rings. The lowest BCUT2D eigenvalue weighted by atomic mass is 9.91. The van der Waals surface area contributed by atoms with Gasteiger partial charge in [-0.1, -0.05) is 32.0 Å². The maximum Gasteiger partial charge on any atom is 0.191 e. The van der Waals surface area contributed by atoms with Gasteiger partial charge < -0.3 is 20.3 Å². The summed E-state index contributed by atoms with van der Waals surface area (Å²) in [7, 11) is 3.57. The van der Waals surface area contributed by atoms with Crippen molar-refractivity contribution < 1.29 is 4.74 Å². The molecule has 6 heteroatoms. The molecule has 0 radical (unpaired) electrons. The molecule has 152 valence electrons. The third-order valence-corrected chi connectivity index (χ3v) is 6.62. The van der Waals surface area contributed by atoms with Crippen LogP contribution in [0.1, 0.15) is 25.1 Å². The average Bonchev–Trinajstić information content (AvgIpc) is 3.40. The number of rotatable bonds is 7. The molecule has 1 saturated heterocycles. The monoisotopic (exact) mass is 400 g/mol. The van der Waals surface area contributed by atoms with Gasteiger partial charge in [-0.3, -0.25) is 4.99 Å². The van der Waals surface area contributed by atoms with E-state index in [0.29, 0.717) is 5.92 Å². The third-order valence-electron chi connectivity index (χ3n) is 5.38. The number of benzene rings is 1. The molecule has 0 bridgehead atoms. The highest BCUT2D eigenvalue weighted by Gasteiger charge is 2.25. The average molecular weight is 401 g/mol. The van der Waals surface area contributed by atoms with Crippen LogP contribution < -0.4 is 20.3 Å². The second kappa shape index (κ2) is 9.32. The first kappa shape index (κ1) is 20.5. The van der Waals surface area contributed by atoms with Crippen molar-refractivity contribution in [3.63, 3.8) is 0 Å². The highest BCUT2D eigenvalue weighted by atomic mass is 32.1. The van der Waals surface area contributed by atoms with Crippen molar-refractivity contribution >= 4 is 23.0 Å². The van der Waals surface area contributed by atoms with Gasteiger partial charge in [0.25, 0.3) is 0 Å². The Morgan fingerprint density at radius 2 is 2.07 bits per heavy atom. The van der Waals surface area contributed by atoms with E-state index in [2.05, 4.69) is 64.0 Å². The van der Waals surface area contributed by atoms with E-state index in [1.54, 1.807) is 7.11 Å². The Balaban J connectivity index is 1.48. The SMILES string of the molecule is CN=C(NCC1CCN(c2ccccc2OC)C1)NCC(C)(C)c1cccs1. The molecule has 1 aliphatic heterocycles. The van der Waals surface area contributed by atoms with Gasteiger partial charge in [-0.15, -0.1) is 11.3 Å². The normalized spacial score (nSPS) is 17.6. The number of hydrogen-bond acceptors (Lipinski definition) is 4. The standard InChI is InChI=1S/C22H32N4OS/c1-22(2,20-10-7-13-28-20)16-25-21(23-3)24-14-17-11-12-26(15-17)18-8-5-6-9-19(18)27-4/h5-10,13,17H,11-12,14-16H2,1-4H3,(H2,23,24,25). The largest absolute Gasteiger partial charge is 0.495 e. The Bertz CT molecular complexity index is 773. The molecule has 0 aliphatic carbocycles. The van der Waals surface area contributed by atoms with Gasteiger partial charge in [0, 0.05) is 43.5 Å². The number of para-hydroxylation sites is 2. The van der Waals surface area contributed by atoms with E-state index in [0.717, 1.165) is 37.9 Å². The zero-order chi connectivity index (χ0) is 20.0. The molecule has 1 aliphatic rings. The second-order valence-corrected chi connectivity index (χ2v) is 8.89. The molecule has 0 saturated carbocycles. The molecule has 1 aromatic heterocycles. The molecule has 0 amide bonds. The summed E-state index contributed by atoms with van der Waals surface area (Å²) < 4.78 is 5.52. The van der Waals surface area contributed by atoms with Crippen molar-refractivity contribution in [1.82, 2.24) is 10.6 Å². The summed E-state index contributed by atoms with van der Waals surface area (Å²) in [6, 6.07) is 12.6. The maximum atomic E-state index is 5.52. The lowest BCUT2D eigenvalue weighted by Crippen LogP contribution is -2.44. The number of aliphatic imine (C=N–C) groups is 1. The molecule has 2 aromatic rings. The van der Waals surface area contributed by atoms with Gasteiger partial charge >= 0.3 is 0 Å². The van der Waals surface area contributed by atoms with E-state index in [4.69, 9.17) is 4.74 Å². The molecule has 1 unspecified atom stereocenters. The minimum Gasteiger partial charge on any atom is -0.495 e. The first-order valence-corrected chi connectivity index (χ1v) is 10.8. The van der Waals surface area contributed by atoms with E-state index in [9.17, 15) is 0 Å². The van der Waals surface area contributed by atoms with Gasteiger partial charge in [-0.2, -0.15) is 0 Å². The van der Waals surface area contributed by atoms with E-state index in [-0.39, 0.29) is 5.41 Å². The molecular weight excluding hydrogens is 368 g/mol. The number of anilines is 1. The van der Waals surface area contributed by atoms with Crippen molar-refractivity contribution in [3.05, 3.63) is 46.7 Å². The van der Waals surface area contributed by atoms with E-state index in [1.165, 1.54) is 17.0 Å². The minimum absolute atomic E-state index is 0.0831. The highest BCUT2D eigenvalue weighted by molar-refractivity contribution is 7.10. The highest BCUT2D eigenvalue weighted by Crippen LogP contribution is 2.31. The summed E-state index contributed by atoms with van der Waals surface area (Å²) in [6.45, 7) is 8.40. The van der Waals surface area contributed by atoms with Gasteiger partial charge in [0.1, 0.15) is 5.75 Å². The van der Waals surface area contributed by atoms with Gasteiger partial charge in [0.05, 0.1) is 12.8 Å². The third kappa shape index (κ3) is 4.98. The summed E-state index contributed by atoms with van der Waals surface area (Å²) in [5.41, 5.74) is 1.27. The van der Waals surface area contributed by atoms with Crippen molar-refractivity contribution in [3.8, 4) is 5.75 Å². The van der Waals surface area contributed by atoms with Gasteiger partial charge in [0.2, 0.25) is 0 Å². The van der Waals surface area contributed by atoms with E-state index in [1.807, 2.05) is 30.5 Å². The maximum absolute atomic E-state index is 5.52. The number of nitrogens with one attached hydrogen (secondary N) is 2. The smallest absolute Gasteiger partial charge is 0.191 e. The lowest BCUT2D eigenvalue weighted by Gasteiger charge is -2.25. The first-order chi connectivity index (χ1) is 13.5. The molecule has 5 nitrogen and oxygen atoms in total. The Morgan fingerprint density at radius 1 is 1.25 bits per heavy atom. The number of hydrogen-bond donors (Lipinski definition) is 2. The van der Waals surface area contributed by atoms with Crippen LogP contribution in [0.5, 0.6) is 5.75 Å². The number of thiophene rings is 1. The molecular formula is C22H32N4OS. The number of ether oxygens (including phenoxy) is 1. The van der Waals surface area contributed by atoms with E-state index >= 15 is 0 Å². The fourth-order valence-corrected chi connectivity index (χ4v) is 4.48. The number of guanidine groups is 1. The molecule has 3 rings (SSSR count). The Hall–Kier alpha value is -2.21. The first-order valence-electron chi connectivity index (χ1n) is 9.90. The summed E-state index contributed by atoms with van der Waals surface area (Å²) >= 11 is 1.81. The zero-order valence-corrected chi connectivity index (χ0v) is 18.2. The van der Waals surface area contributed by atoms with Gasteiger partial charge in [-0.05, 0) is 35.9 Å². The summed E-state index contributed by atoms with van der Waals surface area (Å²) in [5.74, 6) is 2.42. The van der Waals surface area contributed by atoms with Crippen LogP contribution in [0.2, 0.25) is 0 Å². The molecule has 1 aromatic carbocycles. The Kier molecular flexibility index (Phi) is 6.83.